The van der Waals surface area contributed by atoms with Gasteiger partial charge in [0.05, 0.1) is 0 Å². The van der Waals surface area contributed by atoms with Crippen LogP contribution in [-0.2, 0) is 0 Å². The summed E-state index contributed by atoms with van der Waals surface area (Å²) < 4.78 is 5.85. The first kappa shape index (κ1) is 16.2. The van der Waals surface area contributed by atoms with E-state index in [0.717, 1.165) is 44.8 Å². The fourth-order valence-electron chi connectivity index (χ4n) is 3.91. The Bertz CT molecular complexity index is 729. The van der Waals surface area contributed by atoms with Crippen LogP contribution < -0.4 is 10.1 Å². The molecule has 2 saturated heterocycles. The fourth-order valence-corrected chi connectivity index (χ4v) is 3.91. The van der Waals surface area contributed by atoms with Crippen molar-refractivity contribution in [1.29, 1.82) is 0 Å². The summed E-state index contributed by atoms with van der Waals surface area (Å²) >= 11 is 0. The Morgan fingerprint density at radius 1 is 0.960 bits per heavy atom. The summed E-state index contributed by atoms with van der Waals surface area (Å²) in [6.07, 6.45) is 3.45. The van der Waals surface area contributed by atoms with Crippen molar-refractivity contribution in [2.24, 2.45) is 5.41 Å². The zero-order valence-electron chi connectivity index (χ0n) is 14.4. The van der Waals surface area contributed by atoms with Crippen molar-refractivity contribution >= 4 is 5.91 Å². The molecule has 2 fully saturated rings. The van der Waals surface area contributed by atoms with Crippen molar-refractivity contribution in [2.45, 2.75) is 19.3 Å². The minimum atomic E-state index is 0.110. The van der Waals surface area contributed by atoms with Gasteiger partial charge >= 0.3 is 0 Å². The van der Waals surface area contributed by atoms with E-state index in [1.54, 1.807) is 0 Å². The number of piperidine rings is 1. The van der Waals surface area contributed by atoms with Gasteiger partial charge in [0.15, 0.2) is 0 Å². The molecule has 2 aliphatic rings. The average molecular weight is 336 g/mol. The van der Waals surface area contributed by atoms with Crippen molar-refractivity contribution in [3.8, 4) is 11.5 Å². The number of benzene rings is 2. The average Bonchev–Trinajstić information content (AvgIpc) is 3.11. The molecule has 0 radical (unpaired) electrons. The second-order valence-electron chi connectivity index (χ2n) is 7.16. The maximum absolute atomic E-state index is 12.9. The zero-order valence-corrected chi connectivity index (χ0v) is 14.4. The topological polar surface area (TPSA) is 41.6 Å². The highest BCUT2D eigenvalue weighted by Gasteiger charge is 2.38. The molecular formula is C21H24N2O2. The summed E-state index contributed by atoms with van der Waals surface area (Å²) in [5, 5.41) is 3.47. The molecule has 1 spiro atoms. The lowest BCUT2D eigenvalue weighted by Gasteiger charge is -2.38. The van der Waals surface area contributed by atoms with Crippen LogP contribution in [-0.4, -0.2) is 37.0 Å². The van der Waals surface area contributed by atoms with Gasteiger partial charge in [-0.2, -0.15) is 0 Å². The molecule has 4 rings (SSSR count). The van der Waals surface area contributed by atoms with Gasteiger partial charge in [0.25, 0.3) is 5.91 Å². The minimum Gasteiger partial charge on any atom is -0.457 e. The highest BCUT2D eigenvalue weighted by molar-refractivity contribution is 5.94. The predicted molar refractivity (Wildman–Crippen MR) is 98.0 cm³/mol. The lowest BCUT2D eigenvalue weighted by molar-refractivity contribution is 0.0607. The molecule has 130 valence electrons. The summed E-state index contributed by atoms with van der Waals surface area (Å²) in [4.78, 5) is 14.9. The molecule has 0 aliphatic carbocycles. The van der Waals surface area contributed by atoms with Gasteiger partial charge in [-0.3, -0.25) is 4.79 Å². The number of para-hydroxylation sites is 1. The molecule has 0 unspecified atom stereocenters. The molecule has 2 aliphatic heterocycles. The molecule has 4 heteroatoms. The van der Waals surface area contributed by atoms with Crippen LogP contribution >= 0.6 is 0 Å². The Balaban J connectivity index is 1.43. The molecule has 0 bridgehead atoms. The van der Waals surface area contributed by atoms with Gasteiger partial charge in [-0.1, -0.05) is 24.3 Å². The zero-order chi connectivity index (χ0) is 17.1. The number of hydrogen-bond donors (Lipinski definition) is 1. The Morgan fingerprint density at radius 2 is 1.72 bits per heavy atom. The van der Waals surface area contributed by atoms with Crippen molar-refractivity contribution < 1.29 is 9.53 Å². The molecule has 0 saturated carbocycles. The van der Waals surface area contributed by atoms with E-state index in [2.05, 4.69) is 5.32 Å². The number of amides is 1. The van der Waals surface area contributed by atoms with E-state index in [1.807, 2.05) is 59.5 Å². The molecule has 1 N–H and O–H groups in total. The first-order chi connectivity index (χ1) is 12.2. The van der Waals surface area contributed by atoms with E-state index in [4.69, 9.17) is 4.74 Å². The number of rotatable bonds is 3. The van der Waals surface area contributed by atoms with Gasteiger partial charge < -0.3 is 15.0 Å². The molecule has 2 aromatic carbocycles. The van der Waals surface area contributed by atoms with Crippen LogP contribution in [0.15, 0.2) is 54.6 Å². The van der Waals surface area contributed by atoms with Crippen molar-refractivity contribution in [3.05, 3.63) is 60.2 Å². The molecule has 0 atom stereocenters. The molecule has 1 amide bonds. The SMILES string of the molecule is O=C(c1cccc(Oc2ccccc2)c1)N1CCC2(CCNC2)CC1. The van der Waals surface area contributed by atoms with Crippen LogP contribution in [0.2, 0.25) is 0 Å². The number of likely N-dealkylation sites (tertiary alicyclic amines) is 1. The summed E-state index contributed by atoms with van der Waals surface area (Å²) in [7, 11) is 0. The number of hydrogen-bond acceptors (Lipinski definition) is 3. The van der Waals surface area contributed by atoms with Gasteiger partial charge in [-0.25, -0.2) is 0 Å². The number of nitrogens with zero attached hydrogens (tertiary/aromatic N) is 1. The van der Waals surface area contributed by atoms with E-state index in [0.29, 0.717) is 16.7 Å². The third kappa shape index (κ3) is 3.54. The van der Waals surface area contributed by atoms with Crippen LogP contribution in [0.5, 0.6) is 11.5 Å². The van der Waals surface area contributed by atoms with Gasteiger partial charge in [-0.15, -0.1) is 0 Å². The summed E-state index contributed by atoms with van der Waals surface area (Å²) in [5.74, 6) is 1.59. The maximum atomic E-state index is 12.9. The Hall–Kier alpha value is -2.33. The second kappa shape index (κ2) is 6.89. The number of carbonyl (C=O) groups is 1. The third-order valence-corrected chi connectivity index (χ3v) is 5.50. The van der Waals surface area contributed by atoms with Gasteiger partial charge in [0, 0.05) is 25.2 Å². The molecule has 0 aromatic heterocycles. The first-order valence-electron chi connectivity index (χ1n) is 9.07. The van der Waals surface area contributed by atoms with Crippen LogP contribution in [0.1, 0.15) is 29.6 Å². The molecule has 2 aromatic rings. The third-order valence-electron chi connectivity index (χ3n) is 5.50. The van der Waals surface area contributed by atoms with Crippen molar-refractivity contribution in [3.63, 3.8) is 0 Å². The molecule has 2 heterocycles. The summed E-state index contributed by atoms with van der Waals surface area (Å²) in [6, 6.07) is 17.1. The van der Waals surface area contributed by atoms with Gasteiger partial charge in [-0.05, 0) is 61.6 Å². The van der Waals surface area contributed by atoms with E-state index >= 15 is 0 Å². The first-order valence-corrected chi connectivity index (χ1v) is 9.07. The lowest BCUT2D eigenvalue weighted by Crippen LogP contribution is -2.44. The highest BCUT2D eigenvalue weighted by Crippen LogP contribution is 2.37. The Morgan fingerprint density at radius 3 is 2.44 bits per heavy atom. The van der Waals surface area contributed by atoms with E-state index in [1.165, 1.54) is 6.42 Å². The van der Waals surface area contributed by atoms with Crippen LogP contribution in [0.4, 0.5) is 0 Å². The standard InChI is InChI=1S/C21H24N2O2/c24-20(23-13-10-21(11-14-23)9-12-22-16-21)17-5-4-8-19(15-17)25-18-6-2-1-3-7-18/h1-8,15,22H,9-14,16H2. The fraction of sp³-hybridized carbons (Fsp3) is 0.381. The lowest BCUT2D eigenvalue weighted by atomic mass is 9.78. The van der Waals surface area contributed by atoms with E-state index in [9.17, 15) is 4.79 Å². The largest absolute Gasteiger partial charge is 0.457 e. The van der Waals surface area contributed by atoms with Crippen molar-refractivity contribution in [2.75, 3.05) is 26.2 Å². The molecule has 4 nitrogen and oxygen atoms in total. The van der Waals surface area contributed by atoms with Gasteiger partial charge in [0.1, 0.15) is 11.5 Å². The van der Waals surface area contributed by atoms with Gasteiger partial charge in [0.2, 0.25) is 0 Å². The number of carbonyl (C=O) groups excluding carboxylic acids is 1. The predicted octanol–water partition coefficient (Wildman–Crippen LogP) is 3.69. The normalized spacial score (nSPS) is 19.1. The monoisotopic (exact) mass is 336 g/mol. The number of nitrogens with one attached hydrogen (secondary N) is 1. The smallest absolute Gasteiger partial charge is 0.253 e. The van der Waals surface area contributed by atoms with Crippen molar-refractivity contribution in [1.82, 2.24) is 10.2 Å². The van der Waals surface area contributed by atoms with Crippen LogP contribution in [0.3, 0.4) is 0 Å². The van der Waals surface area contributed by atoms with Crippen LogP contribution in [0, 0.1) is 5.41 Å². The Labute approximate surface area is 148 Å². The summed E-state index contributed by atoms with van der Waals surface area (Å²) in [5.41, 5.74) is 1.13. The molecular weight excluding hydrogens is 312 g/mol. The van der Waals surface area contributed by atoms with E-state index in [-0.39, 0.29) is 5.91 Å². The summed E-state index contributed by atoms with van der Waals surface area (Å²) in [6.45, 7) is 3.93. The van der Waals surface area contributed by atoms with E-state index < -0.39 is 0 Å². The second-order valence-corrected chi connectivity index (χ2v) is 7.16. The quantitative estimate of drug-likeness (QED) is 0.929. The van der Waals surface area contributed by atoms with Crippen LogP contribution in [0.25, 0.3) is 0 Å². The Kier molecular flexibility index (Phi) is 4.45. The number of ether oxygens (including phenoxy) is 1. The maximum Gasteiger partial charge on any atom is 0.253 e. The molecule has 25 heavy (non-hydrogen) atoms. The minimum absolute atomic E-state index is 0.110. The highest BCUT2D eigenvalue weighted by atomic mass is 16.5.